The summed E-state index contributed by atoms with van der Waals surface area (Å²) in [6.07, 6.45) is 0. The molecule has 0 bridgehead atoms. The zero-order valence-electron chi connectivity index (χ0n) is 15.8. The monoisotopic (exact) mass is 460 g/mol. The summed E-state index contributed by atoms with van der Waals surface area (Å²) in [5.41, 5.74) is 2.07. The van der Waals surface area contributed by atoms with Crippen molar-refractivity contribution in [3.8, 4) is 11.5 Å². The van der Waals surface area contributed by atoms with E-state index in [1.54, 1.807) is 12.1 Å². The maximum Gasteiger partial charge on any atom is 2.00 e. The molecular formula is C20H28Cl2O2Zr. The number of phenols is 2. The summed E-state index contributed by atoms with van der Waals surface area (Å²) in [6, 6.07) is 14.9. The van der Waals surface area contributed by atoms with Crippen LogP contribution in [0.25, 0.3) is 0 Å². The first-order chi connectivity index (χ1) is 10.0. The average Bonchev–Trinajstić information content (AvgIpc) is 2.37. The van der Waals surface area contributed by atoms with Crippen LogP contribution in [0.15, 0.2) is 48.5 Å². The topological polar surface area (TPSA) is 40.5 Å². The molecule has 25 heavy (non-hydrogen) atoms. The molecule has 2 N–H and O–H groups in total. The summed E-state index contributed by atoms with van der Waals surface area (Å²) >= 11 is 0. The fourth-order valence-electron chi connectivity index (χ4n) is 2.22. The van der Waals surface area contributed by atoms with Crippen molar-refractivity contribution in [2.45, 2.75) is 52.4 Å². The molecule has 0 amide bonds. The molecule has 0 aliphatic rings. The summed E-state index contributed by atoms with van der Waals surface area (Å²) < 4.78 is 0. The van der Waals surface area contributed by atoms with Crippen molar-refractivity contribution in [1.82, 2.24) is 0 Å². The second kappa shape index (κ2) is 12.0. The van der Waals surface area contributed by atoms with Gasteiger partial charge in [-0.05, 0) is 34.1 Å². The summed E-state index contributed by atoms with van der Waals surface area (Å²) in [5.74, 6) is 0.778. The predicted molar refractivity (Wildman–Crippen MR) is 93.6 cm³/mol. The minimum absolute atomic E-state index is 0. The Bertz CT molecular complexity index is 562. The number of phenolic OH excluding ortho intramolecular Hbond substituents is 2. The summed E-state index contributed by atoms with van der Waals surface area (Å²) in [5, 5.41) is 18.9. The molecule has 0 saturated carbocycles. The molecule has 0 heterocycles. The van der Waals surface area contributed by atoms with Gasteiger partial charge in [-0.15, -0.1) is 0 Å². The Morgan fingerprint density at radius 1 is 0.560 bits per heavy atom. The van der Waals surface area contributed by atoms with Crippen LogP contribution in [0, 0.1) is 0 Å². The smallest absolute Gasteiger partial charge is 1.00 e. The van der Waals surface area contributed by atoms with Gasteiger partial charge in [0.1, 0.15) is 11.5 Å². The summed E-state index contributed by atoms with van der Waals surface area (Å²) in [6.45, 7) is 12.5. The average molecular weight is 463 g/mol. The molecule has 2 aromatic carbocycles. The van der Waals surface area contributed by atoms with Gasteiger partial charge in [0.15, 0.2) is 0 Å². The van der Waals surface area contributed by atoms with E-state index in [0.29, 0.717) is 11.5 Å². The molecular weight excluding hydrogens is 434 g/mol. The molecule has 0 fully saturated rings. The number of benzene rings is 2. The van der Waals surface area contributed by atoms with Crippen LogP contribution in [0.3, 0.4) is 0 Å². The minimum atomic E-state index is 0. The number of para-hydroxylation sites is 2. The van der Waals surface area contributed by atoms with Gasteiger partial charge in [0.05, 0.1) is 0 Å². The zero-order valence-corrected chi connectivity index (χ0v) is 19.7. The molecule has 2 nitrogen and oxygen atoms in total. The van der Waals surface area contributed by atoms with Gasteiger partial charge in [0, 0.05) is 0 Å². The third kappa shape index (κ3) is 9.68. The van der Waals surface area contributed by atoms with E-state index in [1.165, 1.54) is 0 Å². The van der Waals surface area contributed by atoms with Gasteiger partial charge in [-0.25, -0.2) is 0 Å². The normalized spacial score (nSPS) is 10.2. The Kier molecular flexibility index (Phi) is 14.0. The second-order valence-corrected chi connectivity index (χ2v) is 7.53. The molecule has 0 aliphatic heterocycles. The molecule has 2 aromatic rings. The molecule has 5 heteroatoms. The van der Waals surface area contributed by atoms with E-state index in [0.717, 1.165) is 11.1 Å². The van der Waals surface area contributed by atoms with Crippen LogP contribution < -0.4 is 24.8 Å². The fraction of sp³-hybridized carbons (Fsp3) is 0.400. The number of hydrogen-bond donors (Lipinski definition) is 2. The Labute approximate surface area is 184 Å². The maximum absolute atomic E-state index is 9.45. The van der Waals surface area contributed by atoms with Crippen molar-refractivity contribution >= 4 is 0 Å². The molecule has 0 aromatic heterocycles. The van der Waals surface area contributed by atoms with E-state index >= 15 is 0 Å². The minimum Gasteiger partial charge on any atom is -1.00 e. The van der Waals surface area contributed by atoms with Crippen LogP contribution in [-0.2, 0) is 37.0 Å². The predicted octanol–water partition coefficient (Wildman–Crippen LogP) is -0.615. The van der Waals surface area contributed by atoms with E-state index in [-0.39, 0.29) is 61.8 Å². The van der Waals surface area contributed by atoms with Crippen molar-refractivity contribution in [2.24, 2.45) is 0 Å². The number of hydrogen-bond acceptors (Lipinski definition) is 2. The Hall–Kier alpha value is -0.497. The Morgan fingerprint density at radius 3 is 0.960 bits per heavy atom. The van der Waals surface area contributed by atoms with Crippen LogP contribution >= 0.6 is 0 Å². The van der Waals surface area contributed by atoms with Gasteiger partial charge in [0.25, 0.3) is 0 Å². The number of halogens is 2. The van der Waals surface area contributed by atoms with E-state index in [1.807, 2.05) is 36.4 Å². The zero-order chi connectivity index (χ0) is 17.0. The first-order valence-corrected chi connectivity index (χ1v) is 7.60. The van der Waals surface area contributed by atoms with Gasteiger partial charge in [0.2, 0.25) is 0 Å². The largest absolute Gasteiger partial charge is 2.00 e. The van der Waals surface area contributed by atoms with Gasteiger partial charge in [-0.1, -0.05) is 77.9 Å². The molecule has 2 rings (SSSR count). The van der Waals surface area contributed by atoms with Crippen LogP contribution in [-0.4, -0.2) is 10.2 Å². The molecule has 0 spiro atoms. The fourth-order valence-corrected chi connectivity index (χ4v) is 2.22. The summed E-state index contributed by atoms with van der Waals surface area (Å²) in [4.78, 5) is 0. The van der Waals surface area contributed by atoms with Crippen molar-refractivity contribution < 1.29 is 61.2 Å². The van der Waals surface area contributed by atoms with Crippen molar-refractivity contribution in [1.29, 1.82) is 0 Å². The van der Waals surface area contributed by atoms with Crippen molar-refractivity contribution in [2.75, 3.05) is 0 Å². The van der Waals surface area contributed by atoms with E-state index in [2.05, 4.69) is 41.5 Å². The second-order valence-electron chi connectivity index (χ2n) is 7.53. The van der Waals surface area contributed by atoms with E-state index in [4.69, 9.17) is 0 Å². The maximum atomic E-state index is 9.45. The Morgan fingerprint density at radius 2 is 0.800 bits per heavy atom. The van der Waals surface area contributed by atoms with Crippen LogP contribution in [0.5, 0.6) is 11.5 Å². The third-order valence-electron chi connectivity index (χ3n) is 3.42. The molecule has 0 saturated heterocycles. The summed E-state index contributed by atoms with van der Waals surface area (Å²) in [7, 11) is 0. The van der Waals surface area contributed by atoms with Crippen molar-refractivity contribution in [3.05, 3.63) is 59.7 Å². The Balaban J connectivity index is -0.000000346. The van der Waals surface area contributed by atoms with E-state index < -0.39 is 0 Å². The van der Waals surface area contributed by atoms with Crippen LogP contribution in [0.2, 0.25) is 0 Å². The molecule has 0 aliphatic carbocycles. The molecule has 0 radical (unpaired) electrons. The van der Waals surface area contributed by atoms with Gasteiger partial charge >= 0.3 is 26.2 Å². The van der Waals surface area contributed by atoms with Crippen LogP contribution in [0.4, 0.5) is 0 Å². The van der Waals surface area contributed by atoms with Gasteiger partial charge in [-0.2, -0.15) is 0 Å². The molecule has 138 valence electrons. The number of aromatic hydroxyl groups is 2. The van der Waals surface area contributed by atoms with Crippen LogP contribution in [0.1, 0.15) is 52.7 Å². The van der Waals surface area contributed by atoms with Crippen molar-refractivity contribution in [3.63, 3.8) is 0 Å². The third-order valence-corrected chi connectivity index (χ3v) is 3.42. The quantitative estimate of drug-likeness (QED) is 0.548. The molecule has 0 atom stereocenters. The standard InChI is InChI=1S/2C10H14O.2ClH.Zr/c2*1-10(2,3)8-6-4-5-7-9(8)11;;;/h2*4-7,11H,1-3H3;2*1H;/q;;;;+2/p-2. The van der Waals surface area contributed by atoms with Gasteiger partial charge < -0.3 is 35.0 Å². The SMILES string of the molecule is CC(C)(C)c1ccccc1O.CC(C)(C)c1ccccc1O.[Cl-].[Cl-].[Zr+2]. The first kappa shape index (κ1) is 29.3. The molecule has 0 unspecified atom stereocenters. The number of rotatable bonds is 0. The van der Waals surface area contributed by atoms with E-state index in [9.17, 15) is 10.2 Å². The van der Waals surface area contributed by atoms with Gasteiger partial charge in [-0.3, -0.25) is 0 Å². The first-order valence-electron chi connectivity index (χ1n) is 7.60.